The molecule has 23 heavy (non-hydrogen) atoms. The van der Waals surface area contributed by atoms with Crippen molar-refractivity contribution in [1.29, 1.82) is 0 Å². The van der Waals surface area contributed by atoms with Crippen molar-refractivity contribution in [3.63, 3.8) is 0 Å². The Morgan fingerprint density at radius 2 is 2.04 bits per heavy atom. The number of nitrogens with zero attached hydrogens (tertiary/aromatic N) is 2. The Balaban J connectivity index is 0.00000484. The summed E-state index contributed by atoms with van der Waals surface area (Å²) in [5.41, 5.74) is 0.918. The molecule has 1 atom stereocenters. The van der Waals surface area contributed by atoms with Crippen LogP contribution < -0.4 is 10.6 Å². The Morgan fingerprint density at radius 3 is 2.52 bits per heavy atom. The molecule has 9 heteroatoms. The zero-order valence-electron chi connectivity index (χ0n) is 14.3. The van der Waals surface area contributed by atoms with Crippen LogP contribution in [0.1, 0.15) is 44.6 Å². The summed E-state index contributed by atoms with van der Waals surface area (Å²) in [6, 6.07) is 1.92. The molecule has 1 aromatic rings. The summed E-state index contributed by atoms with van der Waals surface area (Å²) >= 11 is 0. The predicted molar refractivity (Wildman–Crippen MR) is 103 cm³/mol. The van der Waals surface area contributed by atoms with Gasteiger partial charge in [-0.25, -0.2) is 8.42 Å². The number of guanidine groups is 1. The lowest BCUT2D eigenvalue weighted by atomic mass is 10.1. The molecule has 0 fully saturated rings. The van der Waals surface area contributed by atoms with Gasteiger partial charge < -0.3 is 15.2 Å². The molecule has 2 N–H and O–H groups in total. The van der Waals surface area contributed by atoms with Gasteiger partial charge in [0, 0.05) is 25.4 Å². The van der Waals surface area contributed by atoms with Gasteiger partial charge in [0.25, 0.3) is 0 Å². The first kappa shape index (κ1) is 22.2. The molecule has 0 bridgehead atoms. The minimum absolute atomic E-state index is 0. The third-order valence-corrected chi connectivity index (χ3v) is 4.10. The first-order valence-corrected chi connectivity index (χ1v) is 9.37. The van der Waals surface area contributed by atoms with Crippen LogP contribution in [0.15, 0.2) is 15.6 Å². The molecule has 0 radical (unpaired) electrons. The van der Waals surface area contributed by atoms with Crippen LogP contribution in [0.3, 0.4) is 0 Å². The Morgan fingerprint density at radius 1 is 1.39 bits per heavy atom. The van der Waals surface area contributed by atoms with E-state index in [0.29, 0.717) is 24.8 Å². The van der Waals surface area contributed by atoms with Crippen molar-refractivity contribution in [3.8, 4) is 0 Å². The van der Waals surface area contributed by atoms with Gasteiger partial charge in [-0.15, -0.1) is 24.0 Å². The maximum Gasteiger partial charge on any atom is 0.191 e. The topological polar surface area (TPSA) is 96.6 Å². The Bertz CT molecular complexity index is 599. The summed E-state index contributed by atoms with van der Waals surface area (Å²) in [5, 5.41) is 10.3. The smallest absolute Gasteiger partial charge is 0.191 e. The number of aromatic nitrogens is 1. The van der Waals surface area contributed by atoms with Gasteiger partial charge in [-0.05, 0) is 19.3 Å². The summed E-state index contributed by atoms with van der Waals surface area (Å²) < 4.78 is 27.6. The third kappa shape index (κ3) is 9.14. The standard InChI is InChI=1S/C14H26N4O3S.HI/c1-10(2)13-8-12(21-18-13)9-16-14(15-4)17-11(3)6-7-22(5,19)20;/h8,10-11H,6-7,9H2,1-5H3,(H2,15,16,17);1H. The number of halogens is 1. The van der Waals surface area contributed by atoms with Crippen LogP contribution in [0, 0.1) is 0 Å². The fourth-order valence-corrected chi connectivity index (χ4v) is 2.53. The van der Waals surface area contributed by atoms with Crippen LogP contribution >= 0.6 is 24.0 Å². The second-order valence-electron chi connectivity index (χ2n) is 5.76. The molecule has 0 saturated heterocycles. The van der Waals surface area contributed by atoms with E-state index in [2.05, 4.69) is 34.6 Å². The molecule has 0 spiro atoms. The number of hydrogen-bond donors (Lipinski definition) is 2. The molecular formula is C14H27IN4O3S. The van der Waals surface area contributed by atoms with Crippen LogP contribution in [-0.2, 0) is 16.4 Å². The van der Waals surface area contributed by atoms with E-state index in [1.807, 2.05) is 13.0 Å². The molecule has 7 nitrogen and oxygen atoms in total. The maximum atomic E-state index is 11.2. The van der Waals surface area contributed by atoms with Gasteiger partial charge in [-0.3, -0.25) is 4.99 Å². The summed E-state index contributed by atoms with van der Waals surface area (Å²) in [6.45, 7) is 6.50. The van der Waals surface area contributed by atoms with Crippen LogP contribution in [0.2, 0.25) is 0 Å². The Labute approximate surface area is 155 Å². The molecule has 0 aliphatic heterocycles. The normalized spacial score (nSPS) is 13.6. The van der Waals surface area contributed by atoms with Gasteiger partial charge >= 0.3 is 0 Å². The molecule has 0 amide bonds. The molecule has 0 aliphatic rings. The van der Waals surface area contributed by atoms with Gasteiger partial charge in [0.1, 0.15) is 9.84 Å². The summed E-state index contributed by atoms with van der Waals surface area (Å²) in [6.07, 6.45) is 1.77. The highest BCUT2D eigenvalue weighted by Crippen LogP contribution is 2.13. The first-order valence-electron chi connectivity index (χ1n) is 7.31. The second-order valence-corrected chi connectivity index (χ2v) is 8.02. The zero-order chi connectivity index (χ0) is 16.8. The van der Waals surface area contributed by atoms with Gasteiger partial charge in [0.2, 0.25) is 0 Å². The molecular weight excluding hydrogens is 431 g/mol. The highest BCUT2D eigenvalue weighted by atomic mass is 127. The SMILES string of the molecule is CN=C(NCc1cc(C(C)C)no1)NC(C)CCS(C)(=O)=O.I. The van der Waals surface area contributed by atoms with Gasteiger partial charge in [0.15, 0.2) is 11.7 Å². The molecule has 1 aromatic heterocycles. The van der Waals surface area contributed by atoms with Crippen molar-refractivity contribution in [2.75, 3.05) is 19.1 Å². The average molecular weight is 458 g/mol. The number of nitrogens with one attached hydrogen (secondary N) is 2. The molecule has 134 valence electrons. The quantitative estimate of drug-likeness (QED) is 0.368. The molecule has 0 saturated carbocycles. The minimum Gasteiger partial charge on any atom is -0.359 e. The second kappa shape index (κ2) is 10.1. The molecule has 0 aliphatic carbocycles. The van der Waals surface area contributed by atoms with E-state index in [4.69, 9.17) is 4.52 Å². The third-order valence-electron chi connectivity index (χ3n) is 3.13. The fourth-order valence-electron chi connectivity index (χ4n) is 1.75. The molecule has 0 aromatic carbocycles. The van der Waals surface area contributed by atoms with E-state index in [9.17, 15) is 8.42 Å². The predicted octanol–water partition coefficient (Wildman–Crippen LogP) is 1.90. The van der Waals surface area contributed by atoms with Crippen LogP contribution in [-0.4, -0.2) is 44.6 Å². The van der Waals surface area contributed by atoms with Crippen molar-refractivity contribution in [1.82, 2.24) is 15.8 Å². The van der Waals surface area contributed by atoms with Crippen molar-refractivity contribution in [2.45, 2.75) is 45.7 Å². The van der Waals surface area contributed by atoms with Gasteiger partial charge in [0.05, 0.1) is 18.0 Å². The Kier molecular flexibility index (Phi) is 9.74. The van der Waals surface area contributed by atoms with Crippen LogP contribution in [0.5, 0.6) is 0 Å². The lowest BCUT2D eigenvalue weighted by Gasteiger charge is -2.17. The fraction of sp³-hybridized carbons (Fsp3) is 0.714. The molecule has 1 heterocycles. The average Bonchev–Trinajstić information content (AvgIpc) is 2.89. The van der Waals surface area contributed by atoms with Crippen molar-refractivity contribution in [2.24, 2.45) is 4.99 Å². The molecule has 1 rings (SSSR count). The lowest BCUT2D eigenvalue weighted by molar-refractivity contribution is 0.371. The van der Waals surface area contributed by atoms with Crippen molar-refractivity contribution >= 4 is 39.8 Å². The first-order chi connectivity index (χ1) is 10.2. The van der Waals surface area contributed by atoms with E-state index in [1.165, 1.54) is 6.26 Å². The summed E-state index contributed by atoms with van der Waals surface area (Å²) in [4.78, 5) is 4.11. The summed E-state index contributed by atoms with van der Waals surface area (Å²) in [7, 11) is -1.28. The number of sulfone groups is 1. The highest BCUT2D eigenvalue weighted by Gasteiger charge is 2.11. The van der Waals surface area contributed by atoms with Crippen molar-refractivity contribution in [3.05, 3.63) is 17.5 Å². The monoisotopic (exact) mass is 458 g/mol. The van der Waals surface area contributed by atoms with E-state index >= 15 is 0 Å². The van der Waals surface area contributed by atoms with Crippen molar-refractivity contribution < 1.29 is 12.9 Å². The van der Waals surface area contributed by atoms with Crippen LogP contribution in [0.25, 0.3) is 0 Å². The van der Waals surface area contributed by atoms with E-state index in [-0.39, 0.29) is 35.8 Å². The number of rotatable bonds is 7. The molecule has 1 unspecified atom stereocenters. The van der Waals surface area contributed by atoms with Gasteiger partial charge in [-0.2, -0.15) is 0 Å². The Hall–Kier alpha value is -0.840. The van der Waals surface area contributed by atoms with E-state index in [0.717, 1.165) is 11.5 Å². The van der Waals surface area contributed by atoms with Gasteiger partial charge in [-0.1, -0.05) is 19.0 Å². The van der Waals surface area contributed by atoms with Crippen LogP contribution in [0.4, 0.5) is 0 Å². The number of aliphatic imine (C=N–C) groups is 1. The largest absolute Gasteiger partial charge is 0.359 e. The van der Waals surface area contributed by atoms with E-state index < -0.39 is 9.84 Å². The zero-order valence-corrected chi connectivity index (χ0v) is 17.4. The highest BCUT2D eigenvalue weighted by molar-refractivity contribution is 14.0. The minimum atomic E-state index is -2.95. The maximum absolute atomic E-state index is 11.2. The lowest BCUT2D eigenvalue weighted by Crippen LogP contribution is -2.42. The summed E-state index contributed by atoms with van der Waals surface area (Å²) in [5.74, 6) is 1.81. The number of hydrogen-bond acceptors (Lipinski definition) is 5. The van der Waals surface area contributed by atoms with E-state index in [1.54, 1.807) is 7.05 Å².